The van der Waals surface area contributed by atoms with Crippen LogP contribution in [0, 0.1) is 12.8 Å². The van der Waals surface area contributed by atoms with Gasteiger partial charge in [-0.3, -0.25) is 0 Å². The molecule has 0 aromatic carbocycles. The Morgan fingerprint density at radius 2 is 2.37 bits per heavy atom. The molecule has 2 heterocycles. The van der Waals surface area contributed by atoms with Crippen LogP contribution in [0.2, 0.25) is 0 Å². The number of aryl methyl sites for hydroxylation is 1. The Hall–Kier alpha value is -1.62. The van der Waals surface area contributed by atoms with Crippen LogP contribution in [-0.4, -0.2) is 34.4 Å². The SMILES string of the molecule is COC[C@H]1CCC[C@H]1Nc1cc(C)nc2ccnn12. The predicted octanol–water partition coefficient (Wildman–Crippen LogP) is 2.26. The van der Waals surface area contributed by atoms with Gasteiger partial charge in [-0.2, -0.15) is 9.61 Å². The zero-order valence-electron chi connectivity index (χ0n) is 11.5. The third-order valence-electron chi connectivity index (χ3n) is 3.86. The van der Waals surface area contributed by atoms with Crippen molar-refractivity contribution in [2.45, 2.75) is 32.2 Å². The van der Waals surface area contributed by atoms with Crippen molar-refractivity contribution in [2.24, 2.45) is 5.92 Å². The molecule has 5 nitrogen and oxygen atoms in total. The largest absolute Gasteiger partial charge is 0.384 e. The Labute approximate surface area is 113 Å². The molecule has 5 heteroatoms. The number of aromatic nitrogens is 3. The first-order valence-corrected chi connectivity index (χ1v) is 6.85. The summed E-state index contributed by atoms with van der Waals surface area (Å²) in [6.07, 6.45) is 5.47. The van der Waals surface area contributed by atoms with Crippen LogP contribution in [0.1, 0.15) is 25.0 Å². The summed E-state index contributed by atoms with van der Waals surface area (Å²) in [6.45, 7) is 2.84. The molecule has 102 valence electrons. The van der Waals surface area contributed by atoms with Crippen molar-refractivity contribution in [3.63, 3.8) is 0 Å². The van der Waals surface area contributed by atoms with E-state index < -0.39 is 0 Å². The number of hydrogen-bond acceptors (Lipinski definition) is 4. The van der Waals surface area contributed by atoms with Crippen molar-refractivity contribution in [3.05, 3.63) is 24.0 Å². The van der Waals surface area contributed by atoms with E-state index in [1.54, 1.807) is 13.3 Å². The highest BCUT2D eigenvalue weighted by atomic mass is 16.5. The Morgan fingerprint density at radius 3 is 3.21 bits per heavy atom. The Kier molecular flexibility index (Phi) is 3.38. The number of anilines is 1. The molecule has 2 aromatic rings. The number of ether oxygens (including phenoxy) is 1. The fraction of sp³-hybridized carbons (Fsp3) is 0.571. The Bertz CT molecular complexity index is 566. The quantitative estimate of drug-likeness (QED) is 0.916. The second-order valence-electron chi connectivity index (χ2n) is 5.28. The third-order valence-corrected chi connectivity index (χ3v) is 3.86. The van der Waals surface area contributed by atoms with Crippen LogP contribution in [-0.2, 0) is 4.74 Å². The van der Waals surface area contributed by atoms with Crippen molar-refractivity contribution in [1.29, 1.82) is 0 Å². The molecular weight excluding hydrogens is 240 g/mol. The van der Waals surface area contributed by atoms with Gasteiger partial charge in [-0.1, -0.05) is 6.42 Å². The van der Waals surface area contributed by atoms with Crippen LogP contribution in [0.5, 0.6) is 0 Å². The van der Waals surface area contributed by atoms with E-state index in [2.05, 4.69) is 21.5 Å². The third kappa shape index (κ3) is 2.42. The van der Waals surface area contributed by atoms with Crippen molar-refractivity contribution in [1.82, 2.24) is 14.6 Å². The lowest BCUT2D eigenvalue weighted by Gasteiger charge is -2.21. The number of fused-ring (bicyclic) bond motifs is 1. The van der Waals surface area contributed by atoms with E-state index in [4.69, 9.17) is 4.74 Å². The first kappa shape index (κ1) is 12.4. The monoisotopic (exact) mass is 260 g/mol. The van der Waals surface area contributed by atoms with Crippen molar-refractivity contribution < 1.29 is 4.74 Å². The molecule has 0 saturated heterocycles. The van der Waals surface area contributed by atoms with E-state index >= 15 is 0 Å². The van der Waals surface area contributed by atoms with Gasteiger partial charge in [-0.25, -0.2) is 4.98 Å². The molecule has 1 aliphatic rings. The van der Waals surface area contributed by atoms with E-state index in [-0.39, 0.29) is 0 Å². The molecule has 1 N–H and O–H groups in total. The molecular formula is C14H20N4O. The number of nitrogens with one attached hydrogen (secondary N) is 1. The summed E-state index contributed by atoms with van der Waals surface area (Å²) in [5.74, 6) is 1.62. The molecule has 3 rings (SSSR count). The summed E-state index contributed by atoms with van der Waals surface area (Å²) in [4.78, 5) is 4.46. The summed E-state index contributed by atoms with van der Waals surface area (Å²) >= 11 is 0. The zero-order valence-corrected chi connectivity index (χ0v) is 11.5. The van der Waals surface area contributed by atoms with Gasteiger partial charge in [0, 0.05) is 36.9 Å². The van der Waals surface area contributed by atoms with Crippen LogP contribution in [0.15, 0.2) is 18.3 Å². The highest BCUT2D eigenvalue weighted by Gasteiger charge is 2.27. The highest BCUT2D eigenvalue weighted by Crippen LogP contribution is 2.28. The zero-order chi connectivity index (χ0) is 13.2. The average Bonchev–Trinajstić information content (AvgIpc) is 2.99. The van der Waals surface area contributed by atoms with Gasteiger partial charge in [0.15, 0.2) is 5.65 Å². The summed E-state index contributed by atoms with van der Waals surface area (Å²) in [7, 11) is 1.78. The summed E-state index contributed by atoms with van der Waals surface area (Å²) in [5, 5.41) is 7.96. The molecule has 0 amide bonds. The second kappa shape index (κ2) is 5.17. The van der Waals surface area contributed by atoms with Crippen molar-refractivity contribution in [2.75, 3.05) is 19.0 Å². The van der Waals surface area contributed by atoms with Gasteiger partial charge < -0.3 is 10.1 Å². The van der Waals surface area contributed by atoms with Gasteiger partial charge in [0.05, 0.1) is 12.8 Å². The minimum atomic E-state index is 0.467. The lowest BCUT2D eigenvalue weighted by atomic mass is 10.1. The van der Waals surface area contributed by atoms with Gasteiger partial charge in [0.2, 0.25) is 0 Å². The first-order chi connectivity index (χ1) is 9.28. The van der Waals surface area contributed by atoms with Crippen LogP contribution >= 0.6 is 0 Å². The normalized spacial score (nSPS) is 23.1. The Balaban J connectivity index is 1.86. The highest BCUT2D eigenvalue weighted by molar-refractivity contribution is 5.49. The molecule has 2 atom stereocenters. The van der Waals surface area contributed by atoms with E-state index in [0.29, 0.717) is 12.0 Å². The van der Waals surface area contributed by atoms with Gasteiger partial charge in [0.25, 0.3) is 0 Å². The van der Waals surface area contributed by atoms with Crippen molar-refractivity contribution >= 4 is 11.5 Å². The minimum Gasteiger partial charge on any atom is -0.384 e. The number of rotatable bonds is 4. The molecule has 19 heavy (non-hydrogen) atoms. The fourth-order valence-corrected chi connectivity index (χ4v) is 2.97. The molecule has 1 fully saturated rings. The fourth-order valence-electron chi connectivity index (χ4n) is 2.97. The lowest BCUT2D eigenvalue weighted by Crippen LogP contribution is -2.28. The molecule has 0 aliphatic heterocycles. The maximum atomic E-state index is 5.32. The first-order valence-electron chi connectivity index (χ1n) is 6.85. The predicted molar refractivity (Wildman–Crippen MR) is 74.4 cm³/mol. The summed E-state index contributed by atoms with van der Waals surface area (Å²) in [6, 6.07) is 4.45. The van der Waals surface area contributed by atoms with Gasteiger partial charge in [-0.15, -0.1) is 0 Å². The maximum absolute atomic E-state index is 5.32. The van der Waals surface area contributed by atoms with E-state index in [0.717, 1.165) is 23.8 Å². The average molecular weight is 260 g/mol. The van der Waals surface area contributed by atoms with Gasteiger partial charge >= 0.3 is 0 Å². The maximum Gasteiger partial charge on any atom is 0.157 e. The number of nitrogens with zero attached hydrogens (tertiary/aromatic N) is 3. The van der Waals surface area contributed by atoms with Crippen LogP contribution in [0.4, 0.5) is 5.82 Å². The van der Waals surface area contributed by atoms with E-state index in [1.807, 2.05) is 17.5 Å². The number of methoxy groups -OCH3 is 1. The van der Waals surface area contributed by atoms with E-state index in [9.17, 15) is 0 Å². The van der Waals surface area contributed by atoms with Gasteiger partial charge in [0.1, 0.15) is 5.82 Å². The molecule has 0 unspecified atom stereocenters. The van der Waals surface area contributed by atoms with Crippen LogP contribution < -0.4 is 5.32 Å². The second-order valence-corrected chi connectivity index (χ2v) is 5.28. The standard InChI is InChI=1S/C14H20N4O/c1-10-8-14(18-13(16-10)6-7-15-18)17-12-5-3-4-11(12)9-19-2/h6-8,11-12,17H,3-5,9H2,1-2H3/t11-,12-/m1/s1. The van der Waals surface area contributed by atoms with Crippen LogP contribution in [0.3, 0.4) is 0 Å². The minimum absolute atomic E-state index is 0.467. The molecule has 0 radical (unpaired) electrons. The van der Waals surface area contributed by atoms with E-state index in [1.165, 1.54) is 19.3 Å². The summed E-state index contributed by atoms with van der Waals surface area (Å²) < 4.78 is 7.19. The summed E-state index contributed by atoms with van der Waals surface area (Å²) in [5.41, 5.74) is 1.90. The number of hydrogen-bond donors (Lipinski definition) is 1. The topological polar surface area (TPSA) is 51.5 Å². The lowest BCUT2D eigenvalue weighted by molar-refractivity contribution is 0.150. The Morgan fingerprint density at radius 1 is 1.47 bits per heavy atom. The molecule has 0 spiro atoms. The molecule has 0 bridgehead atoms. The smallest absolute Gasteiger partial charge is 0.157 e. The molecule has 2 aromatic heterocycles. The van der Waals surface area contributed by atoms with Crippen LogP contribution in [0.25, 0.3) is 5.65 Å². The van der Waals surface area contributed by atoms with Crippen molar-refractivity contribution in [3.8, 4) is 0 Å². The van der Waals surface area contributed by atoms with Gasteiger partial charge in [-0.05, 0) is 19.8 Å². The molecule has 1 saturated carbocycles. The molecule has 1 aliphatic carbocycles.